The summed E-state index contributed by atoms with van der Waals surface area (Å²) in [6, 6.07) is 0. The molecule has 0 bridgehead atoms. The fraction of sp³-hybridized carbons (Fsp3) is 0.333. The second-order valence-corrected chi connectivity index (χ2v) is 1.13. The Morgan fingerprint density at radius 1 is 1.67 bits per heavy atom. The first-order valence-corrected chi connectivity index (χ1v) is 1.76. The van der Waals surface area contributed by atoms with E-state index in [-0.39, 0.29) is 0 Å². The van der Waals surface area contributed by atoms with Crippen molar-refractivity contribution in [3.63, 3.8) is 0 Å². The summed E-state index contributed by atoms with van der Waals surface area (Å²) in [5, 5.41) is 0. The average Bonchev–Trinajstić information content (AvgIpc) is 1.86. The monoisotopic (exact) mass is 138 g/mol. The number of rotatable bonds is 2. The van der Waals surface area contributed by atoms with Crippen molar-refractivity contribution in [1.29, 1.82) is 0 Å². The molecular weight excluding hydrogens is 137 g/mol. The van der Waals surface area contributed by atoms with E-state index in [0.29, 0.717) is 0 Å². The second-order valence-electron chi connectivity index (χ2n) is 1.13. The summed E-state index contributed by atoms with van der Waals surface area (Å²) in [4.78, 5) is 10.7. The zero-order valence-corrected chi connectivity index (χ0v) is 4.01. The second kappa shape index (κ2) is 2.41. The van der Waals surface area contributed by atoms with Crippen LogP contribution >= 0.6 is 0 Å². The molecule has 0 aliphatic carbocycles. The van der Waals surface area contributed by atoms with Crippen LogP contribution in [0.15, 0.2) is 0 Å². The van der Waals surface area contributed by atoms with Gasteiger partial charge in [0.1, 0.15) is 0 Å². The lowest BCUT2D eigenvalue weighted by atomic mass is 10.4. The van der Waals surface area contributed by atoms with E-state index in [0.717, 1.165) is 0 Å². The van der Waals surface area contributed by atoms with E-state index >= 15 is 0 Å². The van der Waals surface area contributed by atoms with Crippen molar-refractivity contribution in [3.05, 3.63) is 5.53 Å². The molecule has 50 valence electrons. The first-order valence-electron chi connectivity index (χ1n) is 1.76. The molecular formula is C3HF3N2O. The van der Waals surface area contributed by atoms with E-state index in [1.54, 1.807) is 0 Å². The maximum absolute atomic E-state index is 11.5. The molecule has 6 heteroatoms. The van der Waals surface area contributed by atoms with Gasteiger partial charge in [0.15, 0.2) is 0 Å². The van der Waals surface area contributed by atoms with Crippen LogP contribution in [0.4, 0.5) is 13.2 Å². The van der Waals surface area contributed by atoms with Gasteiger partial charge in [0.05, 0.1) is 0 Å². The van der Waals surface area contributed by atoms with E-state index < -0.39 is 18.2 Å². The summed E-state index contributed by atoms with van der Waals surface area (Å²) < 4.78 is 34.5. The lowest BCUT2D eigenvalue weighted by Crippen LogP contribution is -2.27. The predicted molar refractivity (Wildman–Crippen MR) is 20.7 cm³/mol. The number of hydrogen-bond acceptors (Lipinski definition) is 1. The Morgan fingerprint density at radius 3 is 2.22 bits per heavy atom. The zero-order valence-electron chi connectivity index (χ0n) is 4.01. The molecule has 0 N–H and O–H groups in total. The van der Waals surface area contributed by atoms with Gasteiger partial charge in [0.25, 0.3) is 0 Å². The van der Waals surface area contributed by atoms with Gasteiger partial charge in [0, 0.05) is 0 Å². The van der Waals surface area contributed by atoms with E-state index in [1.165, 1.54) is 4.79 Å². The van der Waals surface area contributed by atoms with Crippen molar-refractivity contribution in [2.45, 2.75) is 5.92 Å². The maximum Gasteiger partial charge on any atom is 0.521 e. The van der Waals surface area contributed by atoms with Crippen molar-refractivity contribution >= 4 is 12.3 Å². The third kappa shape index (κ3) is 1.65. The lowest BCUT2D eigenvalue weighted by Gasteiger charge is -1.92. The minimum atomic E-state index is -4.30. The highest BCUT2D eigenvalue weighted by Crippen LogP contribution is 2.10. The molecule has 0 aromatic rings. The van der Waals surface area contributed by atoms with Crippen LogP contribution in [-0.4, -0.2) is 23.0 Å². The Labute approximate surface area is 47.7 Å². The smallest absolute Gasteiger partial charge is 0.358 e. The quantitative estimate of drug-likeness (QED) is 0.236. The largest absolute Gasteiger partial charge is 0.521 e. The Morgan fingerprint density at radius 2 is 2.11 bits per heavy atom. The van der Waals surface area contributed by atoms with Gasteiger partial charge < -0.3 is 5.53 Å². The minimum Gasteiger partial charge on any atom is -0.358 e. The molecule has 0 unspecified atom stereocenters. The van der Waals surface area contributed by atoms with Gasteiger partial charge in [-0.25, -0.2) is 0 Å². The molecule has 3 nitrogen and oxygen atoms in total. The molecule has 0 atom stereocenters. The molecule has 0 aliphatic heterocycles. The predicted octanol–water partition coefficient (Wildman–Crippen LogP) is 0.418. The first kappa shape index (κ1) is 7.84. The van der Waals surface area contributed by atoms with E-state index in [9.17, 15) is 18.0 Å². The molecule has 0 amide bonds. The normalized spacial score (nSPS) is 10.1. The molecule has 0 aromatic carbocycles. The van der Waals surface area contributed by atoms with Crippen LogP contribution in [0.3, 0.4) is 0 Å². The highest BCUT2D eigenvalue weighted by Gasteiger charge is 2.44. The molecule has 0 rings (SSSR count). The Hall–Kier alpha value is -1.16. The highest BCUT2D eigenvalue weighted by molar-refractivity contribution is 5.93. The van der Waals surface area contributed by atoms with Crippen molar-refractivity contribution < 1.29 is 22.8 Å². The van der Waals surface area contributed by atoms with Crippen LogP contribution in [0.2, 0.25) is 0 Å². The summed E-state index contributed by atoms with van der Waals surface area (Å²) >= 11 is 0. The lowest BCUT2D eigenvalue weighted by molar-refractivity contribution is -0.128. The number of carbonyl (C=O) groups excluding carboxylic acids is 1. The van der Waals surface area contributed by atoms with Crippen molar-refractivity contribution in [2.24, 2.45) is 0 Å². The molecule has 0 spiro atoms. The van der Waals surface area contributed by atoms with Gasteiger partial charge in [-0.2, -0.15) is 8.78 Å². The van der Waals surface area contributed by atoms with Crippen LogP contribution < -0.4 is 0 Å². The number of nitrogens with zero attached hydrogens (tertiary/aromatic N) is 2. The van der Waals surface area contributed by atoms with E-state index in [2.05, 4.69) is 0 Å². The van der Waals surface area contributed by atoms with Crippen LogP contribution in [0.1, 0.15) is 0 Å². The van der Waals surface area contributed by atoms with Crippen molar-refractivity contribution in [3.8, 4) is 0 Å². The first-order chi connectivity index (χ1) is 4.04. The number of halogens is 3. The average molecular weight is 138 g/mol. The Bertz CT molecular complexity index is 172. The summed E-state index contributed by atoms with van der Waals surface area (Å²) in [5.41, 5.74) is 7.38. The molecule has 0 saturated heterocycles. The van der Waals surface area contributed by atoms with Gasteiger partial charge in [0.2, 0.25) is 6.29 Å². The fourth-order valence-electron chi connectivity index (χ4n) is 0.115. The molecule has 0 aromatic heterocycles. The molecule has 9 heavy (non-hydrogen) atoms. The molecule has 0 fully saturated rings. The summed E-state index contributed by atoms with van der Waals surface area (Å²) in [7, 11) is 0. The Kier molecular flexibility index (Phi) is 2.10. The summed E-state index contributed by atoms with van der Waals surface area (Å²) in [5.74, 6) is -6.70. The highest BCUT2D eigenvalue weighted by atomic mass is 19.3. The van der Waals surface area contributed by atoms with E-state index in [4.69, 9.17) is 5.53 Å². The molecule has 0 saturated carbocycles. The Balaban J connectivity index is 4.52. The van der Waals surface area contributed by atoms with Crippen LogP contribution in [-0.2, 0) is 4.79 Å². The molecule has 0 heterocycles. The number of alkyl halides is 2. The van der Waals surface area contributed by atoms with Gasteiger partial charge in [-0.1, -0.05) is 0 Å². The number of carbonyl (C=O) groups is 1. The molecule has 0 aliphatic rings. The third-order valence-electron chi connectivity index (χ3n) is 0.511. The minimum absolute atomic E-state index is 0.956. The number of aldehydes is 1. The summed E-state index contributed by atoms with van der Waals surface area (Å²) in [6.07, 6.45) is -0.956. The van der Waals surface area contributed by atoms with Crippen LogP contribution in [0.25, 0.3) is 5.53 Å². The van der Waals surface area contributed by atoms with Crippen LogP contribution in [0, 0.1) is 0 Å². The topological polar surface area (TPSA) is 53.5 Å². The van der Waals surface area contributed by atoms with Crippen LogP contribution in [0.5, 0.6) is 0 Å². The van der Waals surface area contributed by atoms with Gasteiger partial charge >= 0.3 is 11.9 Å². The maximum atomic E-state index is 11.5. The van der Waals surface area contributed by atoms with Gasteiger partial charge in [-0.15, -0.1) is 9.18 Å². The zero-order chi connectivity index (χ0) is 7.49. The van der Waals surface area contributed by atoms with E-state index in [1.807, 2.05) is 0 Å². The number of hydrogen-bond donors (Lipinski definition) is 0. The van der Waals surface area contributed by atoms with Gasteiger partial charge in [-0.3, -0.25) is 4.79 Å². The summed E-state index contributed by atoms with van der Waals surface area (Å²) in [6.45, 7) is 0. The van der Waals surface area contributed by atoms with Crippen molar-refractivity contribution in [1.82, 2.24) is 0 Å². The SMILES string of the molecule is [N-]=[N+]=C(F)C(F)(F)C=O. The van der Waals surface area contributed by atoms with Gasteiger partial charge in [-0.05, 0) is 0 Å². The van der Waals surface area contributed by atoms with Crippen molar-refractivity contribution in [2.75, 3.05) is 0 Å². The fourth-order valence-corrected chi connectivity index (χ4v) is 0.115. The third-order valence-corrected chi connectivity index (χ3v) is 0.511. The molecule has 0 radical (unpaired) electrons. The standard InChI is InChI=1S/C3HF3N2O/c4-2(8-7)3(5,6)1-9/h1H.